The molecule has 0 saturated carbocycles. The van der Waals surface area contributed by atoms with Crippen LogP contribution >= 0.6 is 0 Å². The summed E-state index contributed by atoms with van der Waals surface area (Å²) in [5.41, 5.74) is 1.10. The molecule has 2 aliphatic rings. The Balaban J connectivity index is 1.34. The van der Waals surface area contributed by atoms with E-state index in [4.69, 9.17) is 4.42 Å². The number of furan rings is 1. The standard InChI is InChI=1S/C19H25N5O2/c25-19(21-12-16-4-3-11-26-16)15-5-9-23(10-6-15)17-13-20-14-22-18(17)24-7-1-2-8-24/h3-4,11,13-15H,1-2,5-10,12H2,(H,21,25). The fraction of sp³-hybridized carbons (Fsp3) is 0.526. The van der Waals surface area contributed by atoms with Crippen LogP contribution in [0.25, 0.3) is 0 Å². The predicted molar refractivity (Wildman–Crippen MR) is 99.0 cm³/mol. The fourth-order valence-corrected chi connectivity index (χ4v) is 3.83. The Bertz CT molecular complexity index is 719. The van der Waals surface area contributed by atoms with Crippen LogP contribution in [0.3, 0.4) is 0 Å². The molecule has 4 heterocycles. The molecule has 2 aromatic heterocycles. The number of carbonyl (C=O) groups excluding carboxylic acids is 1. The highest BCUT2D eigenvalue weighted by Gasteiger charge is 2.28. The Labute approximate surface area is 153 Å². The van der Waals surface area contributed by atoms with Crippen LogP contribution in [0.1, 0.15) is 31.4 Å². The molecule has 4 rings (SSSR count). The summed E-state index contributed by atoms with van der Waals surface area (Å²) in [4.78, 5) is 25.8. The fourth-order valence-electron chi connectivity index (χ4n) is 3.83. The first-order chi connectivity index (χ1) is 12.8. The first kappa shape index (κ1) is 16.9. The molecule has 7 nitrogen and oxygen atoms in total. The number of nitrogens with one attached hydrogen (secondary N) is 1. The summed E-state index contributed by atoms with van der Waals surface area (Å²) >= 11 is 0. The Morgan fingerprint density at radius 2 is 2.00 bits per heavy atom. The van der Waals surface area contributed by atoms with Gasteiger partial charge in [-0.25, -0.2) is 9.97 Å². The minimum Gasteiger partial charge on any atom is -0.467 e. The van der Waals surface area contributed by atoms with E-state index < -0.39 is 0 Å². The lowest BCUT2D eigenvalue weighted by atomic mass is 9.95. The zero-order valence-electron chi connectivity index (χ0n) is 14.9. The molecule has 0 atom stereocenters. The summed E-state index contributed by atoms with van der Waals surface area (Å²) in [5.74, 6) is 2.00. The van der Waals surface area contributed by atoms with Gasteiger partial charge in [0.15, 0.2) is 5.82 Å². The molecular weight excluding hydrogens is 330 g/mol. The van der Waals surface area contributed by atoms with Crippen LogP contribution in [0.15, 0.2) is 35.3 Å². The summed E-state index contributed by atoms with van der Waals surface area (Å²) in [6.45, 7) is 4.29. The zero-order valence-corrected chi connectivity index (χ0v) is 14.9. The largest absolute Gasteiger partial charge is 0.467 e. The molecule has 138 valence electrons. The minimum atomic E-state index is 0.0566. The van der Waals surface area contributed by atoms with Crippen LogP contribution in [-0.4, -0.2) is 42.1 Å². The molecule has 0 unspecified atom stereocenters. The van der Waals surface area contributed by atoms with Gasteiger partial charge in [-0.3, -0.25) is 4.79 Å². The van der Waals surface area contributed by atoms with Crippen LogP contribution < -0.4 is 15.1 Å². The van der Waals surface area contributed by atoms with Gasteiger partial charge in [-0.2, -0.15) is 0 Å². The van der Waals surface area contributed by atoms with Crippen LogP contribution in [0.5, 0.6) is 0 Å². The van der Waals surface area contributed by atoms with Gasteiger partial charge >= 0.3 is 0 Å². The van der Waals surface area contributed by atoms with Crippen molar-refractivity contribution in [3.8, 4) is 0 Å². The molecule has 7 heteroatoms. The lowest BCUT2D eigenvalue weighted by Crippen LogP contribution is -2.41. The molecule has 0 aromatic carbocycles. The summed E-state index contributed by atoms with van der Waals surface area (Å²) in [5, 5.41) is 2.98. The molecular formula is C19H25N5O2. The number of amides is 1. The van der Waals surface area contributed by atoms with Gasteiger partial charge < -0.3 is 19.5 Å². The highest BCUT2D eigenvalue weighted by molar-refractivity contribution is 5.79. The second-order valence-corrected chi connectivity index (χ2v) is 6.98. The molecule has 0 spiro atoms. The Hall–Kier alpha value is -2.57. The van der Waals surface area contributed by atoms with Gasteiger partial charge in [0, 0.05) is 32.1 Å². The van der Waals surface area contributed by atoms with E-state index in [-0.39, 0.29) is 11.8 Å². The summed E-state index contributed by atoms with van der Waals surface area (Å²) in [7, 11) is 0. The lowest BCUT2D eigenvalue weighted by molar-refractivity contribution is -0.125. The molecule has 2 aromatic rings. The maximum Gasteiger partial charge on any atom is 0.223 e. The van der Waals surface area contributed by atoms with E-state index in [0.29, 0.717) is 6.54 Å². The molecule has 1 amide bonds. The van der Waals surface area contributed by atoms with E-state index >= 15 is 0 Å². The van der Waals surface area contributed by atoms with E-state index in [1.54, 1.807) is 12.6 Å². The van der Waals surface area contributed by atoms with Gasteiger partial charge in [-0.1, -0.05) is 0 Å². The van der Waals surface area contributed by atoms with Crippen LogP contribution in [-0.2, 0) is 11.3 Å². The average molecular weight is 355 g/mol. The van der Waals surface area contributed by atoms with E-state index in [9.17, 15) is 4.79 Å². The van der Waals surface area contributed by atoms with Gasteiger partial charge in [0.1, 0.15) is 12.1 Å². The predicted octanol–water partition coefficient (Wildman–Crippen LogP) is 2.20. The Morgan fingerprint density at radius 1 is 1.19 bits per heavy atom. The van der Waals surface area contributed by atoms with Crippen molar-refractivity contribution in [3.63, 3.8) is 0 Å². The van der Waals surface area contributed by atoms with Crippen molar-refractivity contribution >= 4 is 17.4 Å². The summed E-state index contributed by atoms with van der Waals surface area (Å²) in [6, 6.07) is 3.71. The van der Waals surface area contributed by atoms with Crippen molar-refractivity contribution in [1.29, 1.82) is 0 Å². The first-order valence-electron chi connectivity index (χ1n) is 9.41. The number of aromatic nitrogens is 2. The summed E-state index contributed by atoms with van der Waals surface area (Å²) < 4.78 is 5.27. The highest BCUT2D eigenvalue weighted by atomic mass is 16.3. The SMILES string of the molecule is O=C(NCc1ccco1)C1CCN(c2cncnc2N2CCCC2)CC1. The molecule has 2 aliphatic heterocycles. The maximum atomic E-state index is 12.4. The lowest BCUT2D eigenvalue weighted by Gasteiger charge is -2.34. The van der Waals surface area contributed by atoms with Crippen molar-refractivity contribution < 1.29 is 9.21 Å². The van der Waals surface area contributed by atoms with Crippen LogP contribution in [0, 0.1) is 5.92 Å². The van der Waals surface area contributed by atoms with Crippen LogP contribution in [0.4, 0.5) is 11.5 Å². The minimum absolute atomic E-state index is 0.0566. The second kappa shape index (κ2) is 7.76. The number of hydrogen-bond acceptors (Lipinski definition) is 6. The number of nitrogens with zero attached hydrogens (tertiary/aromatic N) is 4. The monoisotopic (exact) mass is 355 g/mol. The van der Waals surface area contributed by atoms with Gasteiger partial charge in [0.25, 0.3) is 0 Å². The topological polar surface area (TPSA) is 74.5 Å². The van der Waals surface area contributed by atoms with Crippen molar-refractivity contribution in [2.45, 2.75) is 32.2 Å². The molecule has 26 heavy (non-hydrogen) atoms. The van der Waals surface area contributed by atoms with Gasteiger partial charge in [-0.15, -0.1) is 0 Å². The van der Waals surface area contributed by atoms with E-state index in [1.807, 2.05) is 18.3 Å². The quantitative estimate of drug-likeness (QED) is 0.886. The Kier molecular flexibility index (Phi) is 5.04. The normalized spacial score (nSPS) is 18.3. The number of anilines is 2. The average Bonchev–Trinajstić information content (AvgIpc) is 3.40. The number of hydrogen-bond donors (Lipinski definition) is 1. The second-order valence-electron chi connectivity index (χ2n) is 6.98. The van der Waals surface area contributed by atoms with Gasteiger partial charge in [0.2, 0.25) is 5.91 Å². The van der Waals surface area contributed by atoms with Gasteiger partial charge in [0.05, 0.1) is 24.7 Å². The molecule has 2 saturated heterocycles. The van der Waals surface area contributed by atoms with Crippen molar-refractivity contribution in [2.24, 2.45) is 5.92 Å². The molecule has 0 bridgehead atoms. The smallest absolute Gasteiger partial charge is 0.223 e. The van der Waals surface area contributed by atoms with Gasteiger partial charge in [-0.05, 0) is 37.8 Å². The van der Waals surface area contributed by atoms with E-state index in [2.05, 4.69) is 25.1 Å². The number of rotatable bonds is 5. The number of carbonyl (C=O) groups is 1. The molecule has 0 radical (unpaired) electrons. The molecule has 2 fully saturated rings. The molecule has 1 N–H and O–H groups in total. The van der Waals surface area contributed by atoms with Crippen molar-refractivity contribution in [3.05, 3.63) is 36.7 Å². The van der Waals surface area contributed by atoms with Crippen molar-refractivity contribution in [1.82, 2.24) is 15.3 Å². The van der Waals surface area contributed by atoms with Crippen LogP contribution in [0.2, 0.25) is 0 Å². The molecule has 0 aliphatic carbocycles. The number of piperidine rings is 1. The van der Waals surface area contributed by atoms with E-state index in [1.165, 1.54) is 12.8 Å². The van der Waals surface area contributed by atoms with Crippen molar-refractivity contribution in [2.75, 3.05) is 36.0 Å². The third-order valence-electron chi connectivity index (χ3n) is 5.30. The maximum absolute atomic E-state index is 12.4. The Morgan fingerprint density at radius 3 is 2.73 bits per heavy atom. The first-order valence-corrected chi connectivity index (χ1v) is 9.41. The van der Waals surface area contributed by atoms with E-state index in [0.717, 1.165) is 56.3 Å². The summed E-state index contributed by atoms with van der Waals surface area (Å²) in [6.07, 6.45) is 9.31. The third kappa shape index (κ3) is 3.66. The zero-order chi connectivity index (χ0) is 17.8. The third-order valence-corrected chi connectivity index (χ3v) is 5.30. The highest BCUT2D eigenvalue weighted by Crippen LogP contribution is 2.31.